The molecule has 4 nitrogen and oxygen atoms in total. The highest BCUT2D eigenvalue weighted by Crippen LogP contribution is 2.29. The van der Waals surface area contributed by atoms with Crippen LogP contribution in [-0.4, -0.2) is 21.8 Å². The minimum Gasteiger partial charge on any atom is -0.476 e. The molecule has 1 aromatic heterocycles. The topological polar surface area (TPSA) is 67.3 Å². The van der Waals surface area contributed by atoms with Gasteiger partial charge in [0.15, 0.2) is 11.5 Å². The maximum Gasteiger partial charge on any atom is 0.356 e. The van der Waals surface area contributed by atoms with E-state index in [1.54, 1.807) is 0 Å². The van der Waals surface area contributed by atoms with Crippen molar-refractivity contribution in [3.8, 4) is 0 Å². The normalized spacial score (nSPS) is 10.8. The van der Waals surface area contributed by atoms with Crippen LogP contribution in [0.2, 0.25) is 0 Å². The number of carbonyl (C=O) groups excluding carboxylic acids is 1. The molecule has 0 fully saturated rings. The lowest BCUT2D eigenvalue weighted by Crippen LogP contribution is -2.04. The Morgan fingerprint density at radius 3 is 2.25 bits per heavy atom. The monoisotopic (exact) mass is 241 g/mol. The van der Waals surface area contributed by atoms with Crippen LogP contribution in [0.4, 0.5) is 0 Å². The van der Waals surface area contributed by atoms with Gasteiger partial charge in [-0.2, -0.15) is 0 Å². The van der Waals surface area contributed by atoms with Crippen LogP contribution in [0.5, 0.6) is 0 Å². The molecule has 1 N–H and O–H groups in total. The summed E-state index contributed by atoms with van der Waals surface area (Å²) in [5.41, 5.74) is -0.0978. The minimum atomic E-state index is -1.13. The van der Waals surface area contributed by atoms with Crippen molar-refractivity contribution in [1.29, 1.82) is 0 Å². The number of aromatic carboxylic acids is 1. The summed E-state index contributed by atoms with van der Waals surface area (Å²) < 4.78 is 0. The van der Waals surface area contributed by atoms with Gasteiger partial charge in [0.1, 0.15) is 4.88 Å². The Balaban J connectivity index is 3.20. The van der Waals surface area contributed by atoms with Gasteiger partial charge in [0, 0.05) is 12.8 Å². The number of nitrogens with zero attached hydrogens (tertiary/aromatic N) is 1. The number of carboxylic acid groups (broad SMARTS) is 1. The van der Waals surface area contributed by atoms with Gasteiger partial charge in [0.25, 0.3) is 0 Å². The highest BCUT2D eigenvalue weighted by Gasteiger charge is 2.23. The van der Waals surface area contributed by atoms with E-state index >= 15 is 0 Å². The summed E-state index contributed by atoms with van der Waals surface area (Å²) in [4.78, 5) is 26.6. The summed E-state index contributed by atoms with van der Waals surface area (Å²) in [5, 5.41) is 9.70. The molecule has 0 amide bonds. The number of Topliss-reactive ketones (excluding diaryl/α,β-unsaturated/α-hetero) is 1. The Hall–Kier alpha value is -1.23. The molecule has 0 atom stereocenters. The highest BCUT2D eigenvalue weighted by molar-refractivity contribution is 7.14. The van der Waals surface area contributed by atoms with Crippen molar-refractivity contribution in [3.05, 3.63) is 15.6 Å². The standard InChI is InChI=1S/C11H15NO3S/c1-4-7(5-2)10-12-8(11(14)15)9(16-10)6(3)13/h7H,4-5H2,1-3H3,(H,14,15). The van der Waals surface area contributed by atoms with Crippen molar-refractivity contribution in [2.45, 2.75) is 39.5 Å². The van der Waals surface area contributed by atoms with E-state index in [4.69, 9.17) is 5.11 Å². The molecule has 0 unspecified atom stereocenters. The second-order valence-corrected chi connectivity index (χ2v) is 4.64. The summed E-state index contributed by atoms with van der Waals surface area (Å²) in [7, 11) is 0. The Labute approximate surface area is 98.3 Å². The Kier molecular flexibility index (Phi) is 4.18. The molecule has 16 heavy (non-hydrogen) atoms. The van der Waals surface area contributed by atoms with Gasteiger partial charge in [-0.25, -0.2) is 9.78 Å². The third kappa shape index (κ3) is 2.47. The van der Waals surface area contributed by atoms with Gasteiger partial charge >= 0.3 is 5.97 Å². The van der Waals surface area contributed by atoms with Crippen LogP contribution in [-0.2, 0) is 0 Å². The molecule has 0 radical (unpaired) electrons. The average Bonchev–Trinajstić information content (AvgIpc) is 2.64. The van der Waals surface area contributed by atoms with Crippen LogP contribution in [0.1, 0.15) is 64.7 Å². The van der Waals surface area contributed by atoms with Gasteiger partial charge in [-0.1, -0.05) is 13.8 Å². The van der Waals surface area contributed by atoms with Gasteiger partial charge in [-0.3, -0.25) is 4.79 Å². The minimum absolute atomic E-state index is 0.0978. The SMILES string of the molecule is CCC(CC)c1nc(C(=O)O)c(C(C)=O)s1. The lowest BCUT2D eigenvalue weighted by atomic mass is 10.1. The zero-order valence-corrected chi connectivity index (χ0v) is 10.4. The zero-order valence-electron chi connectivity index (χ0n) is 9.61. The molecule has 5 heteroatoms. The molecule has 0 aliphatic carbocycles. The van der Waals surface area contributed by atoms with Crippen molar-refractivity contribution in [1.82, 2.24) is 4.98 Å². The summed E-state index contributed by atoms with van der Waals surface area (Å²) in [5.74, 6) is -1.11. The van der Waals surface area contributed by atoms with E-state index in [9.17, 15) is 9.59 Å². The first-order chi connectivity index (χ1) is 7.51. The third-order valence-electron chi connectivity index (χ3n) is 2.50. The van der Waals surface area contributed by atoms with E-state index in [1.807, 2.05) is 13.8 Å². The number of ketones is 1. The van der Waals surface area contributed by atoms with Crippen LogP contribution in [0.3, 0.4) is 0 Å². The molecule has 0 saturated heterocycles. The van der Waals surface area contributed by atoms with Crippen molar-refractivity contribution < 1.29 is 14.7 Å². The predicted molar refractivity (Wildman–Crippen MR) is 62.4 cm³/mol. The molecular weight excluding hydrogens is 226 g/mol. The second kappa shape index (κ2) is 5.21. The maximum absolute atomic E-state index is 11.3. The molecule has 0 aliphatic heterocycles. The smallest absolute Gasteiger partial charge is 0.356 e. The van der Waals surface area contributed by atoms with Crippen molar-refractivity contribution in [3.63, 3.8) is 0 Å². The first-order valence-electron chi connectivity index (χ1n) is 5.26. The summed E-state index contributed by atoms with van der Waals surface area (Å²) in [6, 6.07) is 0. The molecule has 1 rings (SSSR count). The van der Waals surface area contributed by atoms with Crippen LogP contribution in [0.25, 0.3) is 0 Å². The predicted octanol–water partition coefficient (Wildman–Crippen LogP) is 2.95. The molecule has 1 aromatic rings. The maximum atomic E-state index is 11.3. The molecule has 88 valence electrons. The van der Waals surface area contributed by atoms with Crippen molar-refractivity contribution in [2.75, 3.05) is 0 Å². The number of carbonyl (C=O) groups is 2. The molecule has 0 spiro atoms. The van der Waals surface area contributed by atoms with E-state index in [0.29, 0.717) is 0 Å². The first kappa shape index (κ1) is 12.8. The average molecular weight is 241 g/mol. The van der Waals surface area contributed by atoms with Gasteiger partial charge in [0.05, 0.1) is 5.01 Å². The van der Waals surface area contributed by atoms with E-state index in [0.717, 1.165) is 17.8 Å². The van der Waals surface area contributed by atoms with Gasteiger partial charge in [-0.15, -0.1) is 11.3 Å². The summed E-state index contributed by atoms with van der Waals surface area (Å²) >= 11 is 1.21. The Morgan fingerprint density at radius 2 is 1.94 bits per heavy atom. The number of hydrogen-bond donors (Lipinski definition) is 1. The van der Waals surface area contributed by atoms with E-state index in [1.165, 1.54) is 18.3 Å². The molecule has 0 bridgehead atoms. The molecule has 0 aromatic carbocycles. The third-order valence-corrected chi connectivity index (χ3v) is 3.82. The fourth-order valence-corrected chi connectivity index (χ4v) is 2.75. The fraction of sp³-hybridized carbons (Fsp3) is 0.545. The number of carboxylic acids is 1. The fourth-order valence-electron chi connectivity index (χ4n) is 1.53. The van der Waals surface area contributed by atoms with Gasteiger partial charge in [-0.05, 0) is 12.8 Å². The first-order valence-corrected chi connectivity index (χ1v) is 6.07. The number of aromatic nitrogens is 1. The molecular formula is C11H15NO3S. The van der Waals surface area contributed by atoms with Crippen LogP contribution in [0, 0.1) is 0 Å². The van der Waals surface area contributed by atoms with Crippen LogP contribution < -0.4 is 0 Å². The lowest BCUT2D eigenvalue weighted by molar-refractivity contribution is 0.0686. The Morgan fingerprint density at radius 1 is 1.38 bits per heavy atom. The van der Waals surface area contributed by atoms with Gasteiger partial charge in [0.2, 0.25) is 0 Å². The van der Waals surface area contributed by atoms with E-state index in [-0.39, 0.29) is 22.3 Å². The molecule has 0 saturated carbocycles. The Bertz CT molecular complexity index is 376. The quantitative estimate of drug-likeness (QED) is 0.805. The highest BCUT2D eigenvalue weighted by atomic mass is 32.1. The van der Waals surface area contributed by atoms with Gasteiger partial charge < -0.3 is 5.11 Å². The second-order valence-electron chi connectivity index (χ2n) is 3.60. The van der Waals surface area contributed by atoms with E-state index in [2.05, 4.69) is 4.98 Å². The summed E-state index contributed by atoms with van der Waals surface area (Å²) in [6.07, 6.45) is 1.81. The van der Waals surface area contributed by atoms with Crippen LogP contribution in [0.15, 0.2) is 0 Å². The number of hydrogen-bond acceptors (Lipinski definition) is 4. The zero-order chi connectivity index (χ0) is 12.3. The molecule has 0 aliphatic rings. The van der Waals surface area contributed by atoms with Crippen LogP contribution >= 0.6 is 11.3 Å². The molecule has 1 heterocycles. The lowest BCUT2D eigenvalue weighted by Gasteiger charge is -2.06. The van der Waals surface area contributed by atoms with Crippen molar-refractivity contribution in [2.24, 2.45) is 0 Å². The number of rotatable bonds is 5. The van der Waals surface area contributed by atoms with E-state index < -0.39 is 5.97 Å². The number of thiazole rings is 1. The largest absolute Gasteiger partial charge is 0.476 e. The van der Waals surface area contributed by atoms with Crippen molar-refractivity contribution >= 4 is 23.1 Å². The summed E-state index contributed by atoms with van der Waals surface area (Å²) in [6.45, 7) is 5.43.